The Labute approximate surface area is 130 Å². The quantitative estimate of drug-likeness (QED) is 0.696. The number of hydrogen-bond donors (Lipinski definition) is 0. The molecule has 0 amide bonds. The van der Waals surface area contributed by atoms with Crippen LogP contribution in [-0.4, -0.2) is 24.3 Å². The molecule has 110 valence electrons. The third-order valence-electron chi connectivity index (χ3n) is 3.48. The highest BCUT2D eigenvalue weighted by molar-refractivity contribution is 5.85. The normalized spacial score (nSPS) is 10.5. The van der Waals surface area contributed by atoms with Crippen LogP contribution in [0.15, 0.2) is 60.7 Å². The lowest BCUT2D eigenvalue weighted by atomic mass is 10.0. The van der Waals surface area contributed by atoms with Crippen LogP contribution in [0.4, 0.5) is 5.69 Å². The van der Waals surface area contributed by atoms with Gasteiger partial charge < -0.3 is 4.90 Å². The zero-order valence-corrected chi connectivity index (χ0v) is 13.1. The number of benzene rings is 2. The Bertz CT molecular complexity index is 707. The van der Waals surface area contributed by atoms with Crippen molar-refractivity contribution < 1.29 is 4.80 Å². The molecule has 0 radical (unpaired) electrons. The number of nitrogens with zero attached hydrogens (tertiary/aromatic N) is 4. The Balaban J connectivity index is 2.30. The van der Waals surface area contributed by atoms with Crippen molar-refractivity contribution in [3.05, 3.63) is 60.7 Å². The highest BCUT2D eigenvalue weighted by Gasteiger charge is 2.22. The predicted octanol–water partition coefficient (Wildman–Crippen LogP) is 2.70. The Morgan fingerprint density at radius 3 is 1.50 bits per heavy atom. The number of hydrogen-bond acceptors (Lipinski definition) is 3. The van der Waals surface area contributed by atoms with Crippen LogP contribution in [0.25, 0.3) is 22.5 Å². The van der Waals surface area contributed by atoms with Gasteiger partial charge in [-0.25, -0.2) is 0 Å². The molecule has 3 aromatic rings. The second-order valence-corrected chi connectivity index (χ2v) is 5.36. The lowest BCUT2D eigenvalue weighted by Crippen LogP contribution is -2.39. The second-order valence-electron chi connectivity index (χ2n) is 5.36. The minimum Gasteiger partial charge on any atom is -0.374 e. The summed E-state index contributed by atoms with van der Waals surface area (Å²) in [6.07, 6.45) is 0. The van der Waals surface area contributed by atoms with Crippen molar-refractivity contribution in [2.75, 3.05) is 19.0 Å². The Hall–Kier alpha value is -2.75. The van der Waals surface area contributed by atoms with Gasteiger partial charge in [-0.05, 0) is 0 Å². The van der Waals surface area contributed by atoms with Gasteiger partial charge in [-0.3, -0.25) is 0 Å². The molecule has 1 heterocycles. The lowest BCUT2D eigenvalue weighted by molar-refractivity contribution is -0.784. The van der Waals surface area contributed by atoms with E-state index in [-0.39, 0.29) is 0 Å². The van der Waals surface area contributed by atoms with Crippen LogP contribution in [0.3, 0.4) is 0 Å². The largest absolute Gasteiger partial charge is 0.374 e. The van der Waals surface area contributed by atoms with Crippen molar-refractivity contribution in [1.29, 1.82) is 0 Å². The monoisotopic (exact) mass is 291 g/mol. The fourth-order valence-electron chi connectivity index (χ4n) is 2.52. The maximum absolute atomic E-state index is 4.61. The molecule has 4 nitrogen and oxygen atoms in total. The van der Waals surface area contributed by atoms with Gasteiger partial charge in [-0.1, -0.05) is 60.7 Å². The van der Waals surface area contributed by atoms with Gasteiger partial charge in [-0.2, -0.15) is 0 Å². The first kappa shape index (κ1) is 14.2. The van der Waals surface area contributed by atoms with E-state index < -0.39 is 0 Å². The van der Waals surface area contributed by atoms with Crippen LogP contribution in [0.1, 0.15) is 0 Å². The molecule has 0 saturated carbocycles. The van der Waals surface area contributed by atoms with Gasteiger partial charge in [0, 0.05) is 40.2 Å². The summed E-state index contributed by atoms with van der Waals surface area (Å²) in [5, 5.41) is 9.23. The van der Waals surface area contributed by atoms with E-state index in [2.05, 4.69) is 39.4 Å². The fourth-order valence-corrected chi connectivity index (χ4v) is 2.52. The van der Waals surface area contributed by atoms with Crippen LogP contribution in [0, 0.1) is 0 Å². The molecular formula is C18H19N4+. The van der Waals surface area contributed by atoms with Crippen LogP contribution in [0.2, 0.25) is 0 Å². The molecule has 0 aliphatic rings. The maximum atomic E-state index is 4.61. The molecule has 0 aliphatic heterocycles. The molecule has 0 bridgehead atoms. The summed E-state index contributed by atoms with van der Waals surface area (Å²) in [6, 6.07) is 20.4. The molecule has 0 saturated heterocycles. The molecule has 0 unspecified atom stereocenters. The van der Waals surface area contributed by atoms with Crippen LogP contribution in [-0.2, 0) is 7.05 Å². The molecule has 22 heavy (non-hydrogen) atoms. The minimum atomic E-state index is 0.932. The zero-order chi connectivity index (χ0) is 15.5. The van der Waals surface area contributed by atoms with Crippen molar-refractivity contribution in [2.24, 2.45) is 7.05 Å². The first-order valence-electron chi connectivity index (χ1n) is 7.23. The molecule has 0 fully saturated rings. The summed E-state index contributed by atoms with van der Waals surface area (Å²) >= 11 is 0. The summed E-state index contributed by atoms with van der Waals surface area (Å²) in [6.45, 7) is 0. The van der Waals surface area contributed by atoms with Gasteiger partial charge in [0.2, 0.25) is 0 Å². The number of rotatable bonds is 3. The van der Waals surface area contributed by atoms with E-state index in [4.69, 9.17) is 0 Å². The zero-order valence-electron chi connectivity index (χ0n) is 13.1. The van der Waals surface area contributed by atoms with Gasteiger partial charge >= 0.3 is 0 Å². The first-order chi connectivity index (χ1) is 10.7. The Kier molecular flexibility index (Phi) is 3.83. The van der Waals surface area contributed by atoms with Crippen molar-refractivity contribution in [1.82, 2.24) is 10.2 Å². The molecular weight excluding hydrogens is 272 g/mol. The van der Waals surface area contributed by atoms with E-state index in [0.29, 0.717) is 0 Å². The van der Waals surface area contributed by atoms with Gasteiger partial charge in [0.1, 0.15) is 5.69 Å². The van der Waals surface area contributed by atoms with Crippen LogP contribution >= 0.6 is 0 Å². The highest BCUT2D eigenvalue weighted by Crippen LogP contribution is 2.34. The van der Waals surface area contributed by atoms with Crippen molar-refractivity contribution >= 4 is 5.69 Å². The summed E-state index contributed by atoms with van der Waals surface area (Å²) in [5.74, 6) is 0. The summed E-state index contributed by atoms with van der Waals surface area (Å²) in [5.41, 5.74) is 5.06. The highest BCUT2D eigenvalue weighted by atomic mass is 15.4. The van der Waals surface area contributed by atoms with Gasteiger partial charge in [0.15, 0.2) is 18.4 Å². The topological polar surface area (TPSA) is 32.9 Å². The first-order valence-corrected chi connectivity index (χ1v) is 7.23. The third-order valence-corrected chi connectivity index (χ3v) is 3.48. The number of aryl methyl sites for hydroxylation is 1. The molecule has 3 rings (SSSR count). The van der Waals surface area contributed by atoms with Gasteiger partial charge in [0.25, 0.3) is 0 Å². The van der Waals surface area contributed by atoms with E-state index in [1.165, 1.54) is 0 Å². The van der Waals surface area contributed by atoms with E-state index >= 15 is 0 Å². The maximum Gasteiger partial charge on any atom is 0.193 e. The minimum absolute atomic E-state index is 0.932. The second kappa shape index (κ2) is 5.93. The number of aromatic nitrogens is 3. The lowest BCUT2D eigenvalue weighted by Gasteiger charge is -2.17. The molecule has 0 atom stereocenters. The van der Waals surface area contributed by atoms with Gasteiger partial charge in [-0.15, -0.1) is 0 Å². The SMILES string of the molecule is CN(C)c1c(-c2ccccc2)n[n+](C)nc1-c1ccccc1. The van der Waals surface area contributed by atoms with Crippen molar-refractivity contribution in [3.8, 4) is 22.5 Å². The average molecular weight is 291 g/mol. The molecule has 0 N–H and O–H groups in total. The van der Waals surface area contributed by atoms with Crippen LogP contribution < -0.4 is 9.70 Å². The summed E-state index contributed by atoms with van der Waals surface area (Å²) in [4.78, 5) is 3.71. The smallest absolute Gasteiger partial charge is 0.193 e. The standard InChI is InChI=1S/C18H19N4/c1-21(2)18-16(14-10-6-4-7-11-14)19-22(3)20-17(18)15-12-8-5-9-13-15/h4-13H,1-3H3/q+1. The molecule has 4 heteroatoms. The van der Waals surface area contributed by atoms with E-state index in [1.807, 2.05) is 57.5 Å². The summed E-state index contributed by atoms with van der Waals surface area (Å²) < 4.78 is 0. The Morgan fingerprint density at radius 1 is 0.727 bits per heavy atom. The molecule has 0 aliphatic carbocycles. The molecule has 1 aromatic heterocycles. The van der Waals surface area contributed by atoms with E-state index in [0.717, 1.165) is 28.2 Å². The fraction of sp³-hybridized carbons (Fsp3) is 0.167. The number of anilines is 1. The third kappa shape index (κ3) is 2.68. The van der Waals surface area contributed by atoms with Crippen LogP contribution in [0.5, 0.6) is 0 Å². The predicted molar refractivity (Wildman–Crippen MR) is 88.4 cm³/mol. The van der Waals surface area contributed by atoms with E-state index in [9.17, 15) is 0 Å². The van der Waals surface area contributed by atoms with Crippen molar-refractivity contribution in [3.63, 3.8) is 0 Å². The Morgan fingerprint density at radius 2 is 1.14 bits per heavy atom. The average Bonchev–Trinajstić information content (AvgIpc) is 2.55. The van der Waals surface area contributed by atoms with Crippen molar-refractivity contribution in [2.45, 2.75) is 0 Å². The van der Waals surface area contributed by atoms with E-state index in [1.54, 1.807) is 4.80 Å². The molecule has 2 aromatic carbocycles. The van der Waals surface area contributed by atoms with Gasteiger partial charge in [0.05, 0.1) is 0 Å². The molecule has 0 spiro atoms. The summed E-state index contributed by atoms with van der Waals surface area (Å²) in [7, 11) is 5.91.